The van der Waals surface area contributed by atoms with Crippen molar-refractivity contribution in [3.63, 3.8) is 0 Å². The number of hydrogen-bond donors (Lipinski definition) is 2. The van der Waals surface area contributed by atoms with Crippen molar-refractivity contribution in [3.05, 3.63) is 36.5 Å². The Morgan fingerprint density at radius 2 is 2.16 bits per heavy atom. The van der Waals surface area contributed by atoms with Gasteiger partial charge in [0.1, 0.15) is 17.3 Å². The van der Waals surface area contributed by atoms with Crippen molar-refractivity contribution in [1.82, 2.24) is 15.2 Å². The Morgan fingerprint density at radius 3 is 2.95 bits per heavy atom. The van der Waals surface area contributed by atoms with E-state index in [4.69, 9.17) is 10.5 Å². The SMILES string of the molecule is CCOc1ccc2[nH]nc(-c3ccnc(N)c3)c2c1. The number of nitrogens with one attached hydrogen (secondary N) is 1. The fraction of sp³-hybridized carbons (Fsp3) is 0.143. The highest BCUT2D eigenvalue weighted by molar-refractivity contribution is 5.94. The smallest absolute Gasteiger partial charge is 0.123 e. The van der Waals surface area contributed by atoms with Crippen molar-refractivity contribution in [2.24, 2.45) is 0 Å². The summed E-state index contributed by atoms with van der Waals surface area (Å²) < 4.78 is 5.52. The molecule has 1 aromatic carbocycles. The molecule has 0 aliphatic carbocycles. The van der Waals surface area contributed by atoms with Gasteiger partial charge in [0.2, 0.25) is 0 Å². The van der Waals surface area contributed by atoms with Crippen molar-refractivity contribution >= 4 is 16.7 Å². The first kappa shape index (κ1) is 11.5. The largest absolute Gasteiger partial charge is 0.494 e. The molecule has 96 valence electrons. The second-order valence-corrected chi connectivity index (χ2v) is 4.18. The molecular formula is C14H14N4O. The highest BCUT2D eigenvalue weighted by Gasteiger charge is 2.09. The maximum absolute atomic E-state index is 5.71. The number of nitrogens with zero attached hydrogens (tertiary/aromatic N) is 2. The van der Waals surface area contributed by atoms with Crippen molar-refractivity contribution in [1.29, 1.82) is 0 Å². The first-order chi connectivity index (χ1) is 9.28. The first-order valence-corrected chi connectivity index (χ1v) is 6.10. The second-order valence-electron chi connectivity index (χ2n) is 4.18. The summed E-state index contributed by atoms with van der Waals surface area (Å²) in [6, 6.07) is 9.56. The number of anilines is 1. The molecule has 0 amide bonds. The van der Waals surface area contributed by atoms with E-state index in [1.165, 1.54) is 0 Å². The van der Waals surface area contributed by atoms with Gasteiger partial charge < -0.3 is 10.5 Å². The van der Waals surface area contributed by atoms with E-state index in [0.29, 0.717) is 12.4 Å². The van der Waals surface area contributed by atoms with Crippen molar-refractivity contribution in [2.75, 3.05) is 12.3 Å². The van der Waals surface area contributed by atoms with E-state index in [-0.39, 0.29) is 0 Å². The molecule has 0 atom stereocenters. The summed E-state index contributed by atoms with van der Waals surface area (Å²) in [6.07, 6.45) is 1.68. The summed E-state index contributed by atoms with van der Waals surface area (Å²) in [5, 5.41) is 8.36. The number of rotatable bonds is 3. The molecule has 19 heavy (non-hydrogen) atoms. The van der Waals surface area contributed by atoms with E-state index < -0.39 is 0 Å². The molecule has 3 aromatic rings. The third-order valence-corrected chi connectivity index (χ3v) is 2.90. The molecule has 3 rings (SSSR count). The van der Waals surface area contributed by atoms with Crippen molar-refractivity contribution in [3.8, 4) is 17.0 Å². The van der Waals surface area contributed by atoms with Crippen LogP contribution in [-0.2, 0) is 0 Å². The number of fused-ring (bicyclic) bond motifs is 1. The van der Waals surface area contributed by atoms with Crippen LogP contribution in [0.5, 0.6) is 5.75 Å². The summed E-state index contributed by atoms with van der Waals surface area (Å²) in [7, 11) is 0. The molecule has 0 radical (unpaired) electrons. The number of aromatic amines is 1. The zero-order chi connectivity index (χ0) is 13.2. The Bertz CT molecular complexity index is 720. The van der Waals surface area contributed by atoms with E-state index in [9.17, 15) is 0 Å². The summed E-state index contributed by atoms with van der Waals surface area (Å²) in [4.78, 5) is 3.99. The first-order valence-electron chi connectivity index (χ1n) is 6.10. The molecule has 5 heteroatoms. The van der Waals surface area contributed by atoms with Gasteiger partial charge in [-0.1, -0.05) is 0 Å². The van der Waals surface area contributed by atoms with Gasteiger partial charge in [0.15, 0.2) is 0 Å². The van der Waals surface area contributed by atoms with Gasteiger partial charge in [-0.2, -0.15) is 5.10 Å². The van der Waals surface area contributed by atoms with E-state index in [0.717, 1.165) is 27.9 Å². The highest BCUT2D eigenvalue weighted by Crippen LogP contribution is 2.29. The quantitative estimate of drug-likeness (QED) is 0.753. The molecule has 0 unspecified atom stereocenters. The lowest BCUT2D eigenvalue weighted by Gasteiger charge is -2.03. The number of hydrogen-bond acceptors (Lipinski definition) is 4. The van der Waals surface area contributed by atoms with E-state index in [1.807, 2.05) is 37.3 Å². The van der Waals surface area contributed by atoms with Crippen LogP contribution in [0, 0.1) is 0 Å². The fourth-order valence-electron chi connectivity index (χ4n) is 2.07. The number of aromatic nitrogens is 3. The molecular weight excluding hydrogens is 240 g/mol. The molecule has 2 aromatic heterocycles. The molecule has 0 saturated carbocycles. The number of ether oxygens (including phenoxy) is 1. The molecule has 0 aliphatic rings. The lowest BCUT2D eigenvalue weighted by Crippen LogP contribution is -1.91. The lowest BCUT2D eigenvalue weighted by molar-refractivity contribution is 0.341. The molecule has 0 aliphatic heterocycles. The minimum atomic E-state index is 0.481. The van der Waals surface area contributed by atoms with Crippen LogP contribution in [0.3, 0.4) is 0 Å². The maximum Gasteiger partial charge on any atom is 0.123 e. The Kier molecular flexibility index (Phi) is 2.79. The van der Waals surface area contributed by atoms with E-state index in [2.05, 4.69) is 15.2 Å². The second kappa shape index (κ2) is 4.61. The number of H-pyrrole nitrogens is 1. The van der Waals surface area contributed by atoms with Gasteiger partial charge in [-0.15, -0.1) is 0 Å². The predicted octanol–water partition coefficient (Wildman–Crippen LogP) is 2.61. The van der Waals surface area contributed by atoms with Crippen LogP contribution in [0.4, 0.5) is 5.82 Å². The third-order valence-electron chi connectivity index (χ3n) is 2.90. The van der Waals surface area contributed by atoms with Crippen LogP contribution in [0.1, 0.15) is 6.92 Å². The molecule has 2 heterocycles. The summed E-state index contributed by atoms with van der Waals surface area (Å²) in [5.74, 6) is 1.31. The number of nitrogen functional groups attached to an aromatic ring is 1. The molecule has 0 spiro atoms. The van der Waals surface area contributed by atoms with E-state index >= 15 is 0 Å². The van der Waals surface area contributed by atoms with Crippen LogP contribution in [0.25, 0.3) is 22.2 Å². The molecule has 0 saturated heterocycles. The summed E-state index contributed by atoms with van der Waals surface area (Å²) in [5.41, 5.74) is 8.47. The molecule has 0 bridgehead atoms. The van der Waals surface area contributed by atoms with Gasteiger partial charge in [0.25, 0.3) is 0 Å². The van der Waals surface area contributed by atoms with Gasteiger partial charge in [-0.3, -0.25) is 5.10 Å². The van der Waals surface area contributed by atoms with Crippen LogP contribution in [0.15, 0.2) is 36.5 Å². The van der Waals surface area contributed by atoms with Crippen LogP contribution >= 0.6 is 0 Å². The minimum Gasteiger partial charge on any atom is -0.494 e. The fourth-order valence-corrected chi connectivity index (χ4v) is 2.07. The zero-order valence-electron chi connectivity index (χ0n) is 10.6. The predicted molar refractivity (Wildman–Crippen MR) is 74.9 cm³/mol. The maximum atomic E-state index is 5.71. The lowest BCUT2D eigenvalue weighted by atomic mass is 10.1. The Labute approximate surface area is 110 Å². The van der Waals surface area contributed by atoms with Crippen molar-refractivity contribution < 1.29 is 4.74 Å². The molecule has 3 N–H and O–H groups in total. The third kappa shape index (κ3) is 2.10. The van der Waals surface area contributed by atoms with Crippen LogP contribution in [0.2, 0.25) is 0 Å². The monoisotopic (exact) mass is 254 g/mol. The molecule has 0 fully saturated rings. The average Bonchev–Trinajstić information content (AvgIpc) is 2.82. The Hall–Kier alpha value is -2.56. The van der Waals surface area contributed by atoms with Gasteiger partial charge in [0.05, 0.1) is 12.1 Å². The summed E-state index contributed by atoms with van der Waals surface area (Å²) >= 11 is 0. The number of benzene rings is 1. The van der Waals surface area contributed by atoms with Crippen LogP contribution < -0.4 is 10.5 Å². The minimum absolute atomic E-state index is 0.481. The average molecular weight is 254 g/mol. The normalized spacial score (nSPS) is 10.8. The van der Waals surface area contributed by atoms with Gasteiger partial charge in [-0.05, 0) is 37.3 Å². The molecule has 5 nitrogen and oxygen atoms in total. The van der Waals surface area contributed by atoms with Crippen molar-refractivity contribution in [2.45, 2.75) is 6.92 Å². The highest BCUT2D eigenvalue weighted by atomic mass is 16.5. The zero-order valence-corrected chi connectivity index (χ0v) is 10.6. The van der Waals surface area contributed by atoms with E-state index in [1.54, 1.807) is 6.20 Å². The topological polar surface area (TPSA) is 76.8 Å². The van der Waals surface area contributed by atoms with Crippen LogP contribution in [-0.4, -0.2) is 21.8 Å². The Balaban J connectivity index is 2.15. The number of pyridine rings is 1. The standard InChI is InChI=1S/C14H14N4O/c1-2-19-10-3-4-12-11(8-10)14(18-17-12)9-5-6-16-13(15)7-9/h3-8H,2H2,1H3,(H2,15,16)(H,17,18). The van der Waals surface area contributed by atoms with Gasteiger partial charge >= 0.3 is 0 Å². The summed E-state index contributed by atoms with van der Waals surface area (Å²) in [6.45, 7) is 2.60. The Morgan fingerprint density at radius 1 is 1.26 bits per heavy atom. The number of nitrogens with two attached hydrogens (primary N) is 1. The van der Waals surface area contributed by atoms with Gasteiger partial charge in [-0.25, -0.2) is 4.98 Å². The van der Waals surface area contributed by atoms with Gasteiger partial charge in [0, 0.05) is 17.1 Å².